The molecule has 2 aliphatic heterocycles. The first kappa shape index (κ1) is 13.5. The highest BCUT2D eigenvalue weighted by Gasteiger charge is 2.49. The minimum absolute atomic E-state index is 0.0681. The van der Waals surface area contributed by atoms with Crippen molar-refractivity contribution in [1.29, 1.82) is 0 Å². The highest BCUT2D eigenvalue weighted by Crippen LogP contribution is 2.33. The van der Waals surface area contributed by atoms with Crippen LogP contribution in [-0.2, 0) is 19.1 Å². The van der Waals surface area contributed by atoms with E-state index < -0.39 is 12.0 Å². The zero-order valence-electron chi connectivity index (χ0n) is 11.2. The van der Waals surface area contributed by atoms with Crippen LogP contribution in [0, 0.1) is 0 Å². The van der Waals surface area contributed by atoms with Crippen molar-refractivity contribution in [3.63, 3.8) is 0 Å². The molecule has 0 spiro atoms. The quantitative estimate of drug-likeness (QED) is 0.696. The van der Waals surface area contributed by atoms with Crippen LogP contribution in [0.5, 0.6) is 0 Å². The Labute approximate surface area is 116 Å². The number of carbonyl (C=O) groups excluding carboxylic acids is 2. The van der Waals surface area contributed by atoms with Crippen molar-refractivity contribution in [2.24, 2.45) is 0 Å². The van der Waals surface area contributed by atoms with E-state index in [2.05, 4.69) is 0 Å². The smallest absolute Gasteiger partial charge is 0.305 e. The predicted octanol–water partition coefficient (Wildman–Crippen LogP) is -0.548. The summed E-state index contributed by atoms with van der Waals surface area (Å²) in [5.74, 6) is -1.20. The Morgan fingerprint density at radius 3 is 2.75 bits per heavy atom. The van der Waals surface area contributed by atoms with Gasteiger partial charge in [0.05, 0.1) is 32.1 Å². The number of nitrogens with zero attached hydrogens (tertiary/aromatic N) is 2. The Bertz CT molecular complexity index is 448. The average Bonchev–Trinajstić information content (AvgIpc) is 3.17. The number of imide groups is 1. The normalized spacial score (nSPS) is 31.9. The van der Waals surface area contributed by atoms with Crippen LogP contribution < -0.4 is 0 Å². The number of carboxylic acids is 1. The van der Waals surface area contributed by atoms with Gasteiger partial charge in [0.15, 0.2) is 0 Å². The van der Waals surface area contributed by atoms with Gasteiger partial charge in [-0.15, -0.1) is 0 Å². The molecule has 7 heteroatoms. The topological polar surface area (TPSA) is 87.2 Å². The van der Waals surface area contributed by atoms with Crippen molar-refractivity contribution in [3.05, 3.63) is 0 Å². The van der Waals surface area contributed by atoms with Gasteiger partial charge in [0.25, 0.3) is 0 Å². The molecule has 2 amide bonds. The van der Waals surface area contributed by atoms with Crippen LogP contribution in [0.1, 0.15) is 25.7 Å². The summed E-state index contributed by atoms with van der Waals surface area (Å²) >= 11 is 0. The van der Waals surface area contributed by atoms with Crippen LogP contribution in [0.4, 0.5) is 0 Å². The molecule has 0 bridgehead atoms. The van der Waals surface area contributed by atoms with Crippen molar-refractivity contribution in [2.45, 2.75) is 43.8 Å². The van der Waals surface area contributed by atoms with E-state index in [-0.39, 0.29) is 36.7 Å². The number of aliphatic carboxylic acids is 1. The van der Waals surface area contributed by atoms with Crippen LogP contribution in [0.2, 0.25) is 0 Å². The number of hydrogen-bond acceptors (Lipinski definition) is 5. The van der Waals surface area contributed by atoms with E-state index in [1.807, 2.05) is 4.90 Å². The number of carbonyl (C=O) groups is 3. The van der Waals surface area contributed by atoms with Gasteiger partial charge < -0.3 is 9.84 Å². The van der Waals surface area contributed by atoms with E-state index in [0.29, 0.717) is 19.8 Å². The second-order valence-corrected chi connectivity index (χ2v) is 5.62. The van der Waals surface area contributed by atoms with Crippen molar-refractivity contribution in [3.8, 4) is 0 Å². The molecule has 3 fully saturated rings. The molecule has 3 aliphatic rings. The SMILES string of the molecule is O=C(O)CC1COCCN1C1CC(=O)N(C2CC2)C1=O. The Morgan fingerprint density at radius 2 is 2.10 bits per heavy atom. The first-order chi connectivity index (χ1) is 9.58. The Kier molecular flexibility index (Phi) is 3.47. The summed E-state index contributed by atoms with van der Waals surface area (Å²) in [5.41, 5.74) is 0. The molecule has 1 N–H and O–H groups in total. The van der Waals surface area contributed by atoms with E-state index in [4.69, 9.17) is 9.84 Å². The first-order valence-corrected chi connectivity index (χ1v) is 6.99. The van der Waals surface area contributed by atoms with Crippen LogP contribution in [0.15, 0.2) is 0 Å². The molecule has 2 unspecified atom stereocenters. The van der Waals surface area contributed by atoms with Gasteiger partial charge in [-0.25, -0.2) is 0 Å². The lowest BCUT2D eigenvalue weighted by atomic mass is 10.1. The molecule has 110 valence electrons. The number of hydrogen-bond donors (Lipinski definition) is 1. The lowest BCUT2D eigenvalue weighted by Crippen LogP contribution is -2.54. The Morgan fingerprint density at radius 1 is 1.35 bits per heavy atom. The van der Waals surface area contributed by atoms with Gasteiger partial charge in [-0.3, -0.25) is 24.2 Å². The van der Waals surface area contributed by atoms with Gasteiger partial charge in [-0.1, -0.05) is 0 Å². The molecule has 2 heterocycles. The molecule has 20 heavy (non-hydrogen) atoms. The van der Waals surface area contributed by atoms with E-state index >= 15 is 0 Å². The Balaban J connectivity index is 1.74. The lowest BCUT2D eigenvalue weighted by Gasteiger charge is -2.37. The van der Waals surface area contributed by atoms with Crippen molar-refractivity contribution in [1.82, 2.24) is 9.80 Å². The van der Waals surface area contributed by atoms with Gasteiger partial charge >= 0.3 is 5.97 Å². The van der Waals surface area contributed by atoms with Crippen LogP contribution in [0.3, 0.4) is 0 Å². The third-order valence-electron chi connectivity index (χ3n) is 4.15. The molecule has 7 nitrogen and oxygen atoms in total. The van der Waals surface area contributed by atoms with E-state index in [0.717, 1.165) is 12.8 Å². The van der Waals surface area contributed by atoms with E-state index in [1.54, 1.807) is 0 Å². The monoisotopic (exact) mass is 282 g/mol. The third kappa shape index (κ3) is 2.43. The zero-order valence-corrected chi connectivity index (χ0v) is 11.2. The summed E-state index contributed by atoms with van der Waals surface area (Å²) in [5, 5.41) is 8.95. The largest absolute Gasteiger partial charge is 0.481 e. The fourth-order valence-corrected chi connectivity index (χ4v) is 3.07. The molecule has 0 aromatic heterocycles. The highest BCUT2D eigenvalue weighted by atomic mass is 16.5. The van der Waals surface area contributed by atoms with E-state index in [1.165, 1.54) is 4.90 Å². The zero-order chi connectivity index (χ0) is 14.3. The number of carboxylic acid groups (broad SMARTS) is 1. The van der Waals surface area contributed by atoms with Gasteiger partial charge in [0.2, 0.25) is 11.8 Å². The minimum atomic E-state index is -0.915. The summed E-state index contributed by atoms with van der Waals surface area (Å²) in [4.78, 5) is 38.5. The van der Waals surface area contributed by atoms with Crippen LogP contribution in [-0.4, -0.2) is 70.6 Å². The maximum absolute atomic E-state index is 12.4. The molecule has 2 atom stereocenters. The number of rotatable bonds is 4. The molecule has 2 saturated heterocycles. The Hall–Kier alpha value is -1.47. The second kappa shape index (κ2) is 5.14. The molecule has 0 radical (unpaired) electrons. The number of likely N-dealkylation sites (tertiary alicyclic amines) is 1. The molecular formula is C13H18N2O5. The van der Waals surface area contributed by atoms with Gasteiger partial charge in [-0.05, 0) is 12.8 Å². The molecule has 1 aliphatic carbocycles. The fraction of sp³-hybridized carbons (Fsp3) is 0.769. The van der Waals surface area contributed by atoms with Crippen LogP contribution in [0.25, 0.3) is 0 Å². The minimum Gasteiger partial charge on any atom is -0.481 e. The molecular weight excluding hydrogens is 264 g/mol. The summed E-state index contributed by atoms with van der Waals surface area (Å²) in [6.45, 7) is 1.27. The highest BCUT2D eigenvalue weighted by molar-refractivity contribution is 6.06. The molecule has 1 saturated carbocycles. The molecule has 0 aromatic rings. The number of ether oxygens (including phenoxy) is 1. The second-order valence-electron chi connectivity index (χ2n) is 5.62. The van der Waals surface area contributed by atoms with Crippen molar-refractivity contribution < 1.29 is 24.2 Å². The number of morpholine rings is 1. The first-order valence-electron chi connectivity index (χ1n) is 6.99. The summed E-state index contributed by atoms with van der Waals surface area (Å²) in [6.07, 6.45) is 1.89. The summed E-state index contributed by atoms with van der Waals surface area (Å²) in [6, 6.07) is -0.752. The fourth-order valence-electron chi connectivity index (χ4n) is 3.07. The molecule has 0 aromatic carbocycles. The maximum Gasteiger partial charge on any atom is 0.305 e. The summed E-state index contributed by atoms with van der Waals surface area (Å²) in [7, 11) is 0. The van der Waals surface area contributed by atoms with Crippen molar-refractivity contribution in [2.75, 3.05) is 19.8 Å². The number of amides is 2. The standard InChI is InChI=1S/C13H18N2O5/c16-11-6-10(13(19)15(11)8-1-2-8)14-3-4-20-7-9(14)5-12(17)18/h8-10H,1-7H2,(H,17,18). The van der Waals surface area contributed by atoms with E-state index in [9.17, 15) is 14.4 Å². The van der Waals surface area contributed by atoms with Crippen molar-refractivity contribution >= 4 is 17.8 Å². The lowest BCUT2D eigenvalue weighted by molar-refractivity contribution is -0.146. The third-order valence-corrected chi connectivity index (χ3v) is 4.15. The van der Waals surface area contributed by atoms with Crippen LogP contribution >= 0.6 is 0 Å². The van der Waals surface area contributed by atoms with Gasteiger partial charge in [-0.2, -0.15) is 0 Å². The molecule has 3 rings (SSSR count). The van der Waals surface area contributed by atoms with Gasteiger partial charge in [0.1, 0.15) is 0 Å². The van der Waals surface area contributed by atoms with Gasteiger partial charge in [0, 0.05) is 18.6 Å². The average molecular weight is 282 g/mol. The maximum atomic E-state index is 12.4. The summed E-state index contributed by atoms with van der Waals surface area (Å²) < 4.78 is 5.31. The predicted molar refractivity (Wildman–Crippen MR) is 66.8 cm³/mol.